The van der Waals surface area contributed by atoms with Crippen LogP contribution in [-0.4, -0.2) is 17.3 Å². The van der Waals surface area contributed by atoms with Crippen LogP contribution in [0.3, 0.4) is 0 Å². The molecule has 88 valence electrons. The van der Waals surface area contributed by atoms with Crippen LogP contribution in [0.1, 0.15) is 21.0 Å². The molecule has 2 aromatic rings. The zero-order valence-electron chi connectivity index (χ0n) is 9.64. The average molecular weight is 246 g/mol. The predicted octanol–water partition coefficient (Wildman–Crippen LogP) is 3.14. The molecule has 0 aliphatic rings. The maximum absolute atomic E-state index is 11.8. The number of rotatable bonds is 5. The third kappa shape index (κ3) is 3.39. The maximum atomic E-state index is 11.8. The largest absolute Gasteiger partial charge is 0.384 e. The fourth-order valence-corrected chi connectivity index (χ4v) is 2.33. The van der Waals surface area contributed by atoms with Gasteiger partial charge in [0.1, 0.15) is 0 Å². The fraction of sp³-hybridized carbons (Fsp3) is 0.231. The van der Waals surface area contributed by atoms with E-state index >= 15 is 0 Å². The number of Topliss-reactive ketones (excluding diaryl/α,β-unsaturated/α-hetero) is 1. The van der Waals surface area contributed by atoms with Crippen molar-refractivity contribution in [3.8, 4) is 0 Å². The summed E-state index contributed by atoms with van der Waals surface area (Å²) in [5.41, 5.74) is 0.996. The van der Waals surface area contributed by atoms with Crippen molar-refractivity contribution in [2.75, 3.05) is 11.9 Å². The lowest BCUT2D eigenvalue weighted by molar-refractivity contribution is 0.0990. The lowest BCUT2D eigenvalue weighted by Gasteiger charge is -2.04. The van der Waals surface area contributed by atoms with Gasteiger partial charge in [0.05, 0.1) is 4.88 Å². The Morgan fingerprint density at radius 3 is 2.71 bits per heavy atom. The van der Waals surface area contributed by atoms with Crippen LogP contribution in [0.15, 0.2) is 36.7 Å². The fourth-order valence-electron chi connectivity index (χ4n) is 1.50. The smallest absolute Gasteiger partial charge is 0.174 e. The van der Waals surface area contributed by atoms with E-state index in [2.05, 4.69) is 10.3 Å². The van der Waals surface area contributed by atoms with Crippen LogP contribution >= 0.6 is 11.3 Å². The Balaban J connectivity index is 1.81. The number of aryl methyl sites for hydroxylation is 1. The van der Waals surface area contributed by atoms with Crippen molar-refractivity contribution in [2.24, 2.45) is 0 Å². The summed E-state index contributed by atoms with van der Waals surface area (Å²) in [6.07, 6.45) is 3.97. The molecule has 0 unspecified atom stereocenters. The van der Waals surface area contributed by atoms with Gasteiger partial charge in [-0.15, -0.1) is 11.3 Å². The topological polar surface area (TPSA) is 42.0 Å². The van der Waals surface area contributed by atoms with E-state index in [1.165, 1.54) is 4.88 Å². The number of thiophene rings is 1. The van der Waals surface area contributed by atoms with Crippen molar-refractivity contribution in [3.05, 3.63) is 46.4 Å². The zero-order chi connectivity index (χ0) is 12.1. The number of carbonyl (C=O) groups excluding carboxylic acids is 1. The van der Waals surface area contributed by atoms with Gasteiger partial charge < -0.3 is 5.32 Å². The van der Waals surface area contributed by atoms with E-state index in [1.54, 1.807) is 23.7 Å². The monoisotopic (exact) mass is 246 g/mol. The van der Waals surface area contributed by atoms with Crippen LogP contribution in [0.2, 0.25) is 0 Å². The molecule has 1 N–H and O–H groups in total. The number of hydrogen-bond acceptors (Lipinski definition) is 4. The van der Waals surface area contributed by atoms with Crippen LogP contribution in [0.25, 0.3) is 0 Å². The number of aromatic nitrogens is 1. The molecule has 0 atom stereocenters. The van der Waals surface area contributed by atoms with Crippen LogP contribution in [0.4, 0.5) is 5.69 Å². The minimum absolute atomic E-state index is 0.199. The van der Waals surface area contributed by atoms with E-state index in [1.807, 2.05) is 31.2 Å². The number of anilines is 1. The first-order valence-electron chi connectivity index (χ1n) is 5.49. The Kier molecular flexibility index (Phi) is 3.88. The Morgan fingerprint density at radius 1 is 1.29 bits per heavy atom. The van der Waals surface area contributed by atoms with Crippen molar-refractivity contribution >= 4 is 22.8 Å². The molecule has 3 nitrogen and oxygen atoms in total. The molecule has 0 radical (unpaired) electrons. The Morgan fingerprint density at radius 2 is 2.06 bits per heavy atom. The van der Waals surface area contributed by atoms with E-state index in [0.29, 0.717) is 13.0 Å². The van der Waals surface area contributed by atoms with Gasteiger partial charge >= 0.3 is 0 Å². The summed E-state index contributed by atoms with van der Waals surface area (Å²) in [5, 5.41) is 3.20. The molecule has 0 saturated carbocycles. The van der Waals surface area contributed by atoms with Gasteiger partial charge in [0, 0.05) is 35.9 Å². The molecular weight excluding hydrogens is 232 g/mol. The summed E-state index contributed by atoms with van der Waals surface area (Å²) in [4.78, 5) is 17.8. The van der Waals surface area contributed by atoms with E-state index in [9.17, 15) is 4.79 Å². The van der Waals surface area contributed by atoms with Gasteiger partial charge in [-0.2, -0.15) is 0 Å². The molecule has 2 aromatic heterocycles. The Hall–Kier alpha value is -1.68. The molecule has 0 bridgehead atoms. The summed E-state index contributed by atoms with van der Waals surface area (Å²) in [7, 11) is 0. The molecule has 0 saturated heterocycles. The standard InChI is InChI=1S/C13H14N2OS/c1-10-2-3-13(17-10)12(16)6-9-15-11-4-7-14-8-5-11/h2-5,7-8H,6,9H2,1H3,(H,14,15). The first-order chi connectivity index (χ1) is 8.25. The molecule has 0 fully saturated rings. The minimum Gasteiger partial charge on any atom is -0.384 e. The number of nitrogens with one attached hydrogen (secondary N) is 1. The molecule has 2 rings (SSSR count). The second-order valence-corrected chi connectivity index (χ2v) is 5.03. The van der Waals surface area contributed by atoms with Gasteiger partial charge in [-0.05, 0) is 31.2 Å². The molecule has 17 heavy (non-hydrogen) atoms. The normalized spacial score (nSPS) is 10.2. The predicted molar refractivity (Wildman–Crippen MR) is 70.7 cm³/mol. The first kappa shape index (κ1) is 11.8. The number of ketones is 1. The highest BCUT2D eigenvalue weighted by Crippen LogP contribution is 2.16. The molecule has 0 spiro atoms. The summed E-state index contributed by atoms with van der Waals surface area (Å²) in [6.45, 7) is 2.66. The molecule has 4 heteroatoms. The third-order valence-corrected chi connectivity index (χ3v) is 3.42. The summed E-state index contributed by atoms with van der Waals surface area (Å²) in [6, 6.07) is 7.66. The van der Waals surface area contributed by atoms with Crippen LogP contribution in [0, 0.1) is 6.92 Å². The van der Waals surface area contributed by atoms with Crippen molar-refractivity contribution < 1.29 is 4.79 Å². The van der Waals surface area contributed by atoms with Crippen LogP contribution < -0.4 is 5.32 Å². The molecule has 0 aliphatic heterocycles. The Labute approximate surface area is 105 Å². The molecule has 0 amide bonds. The zero-order valence-corrected chi connectivity index (χ0v) is 10.5. The first-order valence-corrected chi connectivity index (χ1v) is 6.31. The second-order valence-electron chi connectivity index (χ2n) is 3.75. The van der Waals surface area contributed by atoms with Gasteiger partial charge in [-0.1, -0.05) is 0 Å². The van der Waals surface area contributed by atoms with Gasteiger partial charge in [0.15, 0.2) is 5.78 Å². The lowest BCUT2D eigenvalue weighted by atomic mass is 10.2. The number of nitrogens with zero attached hydrogens (tertiary/aromatic N) is 1. The Bertz CT molecular complexity index is 493. The molecular formula is C13H14N2OS. The quantitative estimate of drug-likeness (QED) is 0.824. The van der Waals surface area contributed by atoms with Crippen molar-refractivity contribution in [3.63, 3.8) is 0 Å². The number of hydrogen-bond donors (Lipinski definition) is 1. The van der Waals surface area contributed by atoms with Gasteiger partial charge in [-0.3, -0.25) is 9.78 Å². The van der Waals surface area contributed by atoms with E-state index in [0.717, 1.165) is 10.6 Å². The summed E-state index contributed by atoms with van der Waals surface area (Å²) in [5.74, 6) is 0.199. The van der Waals surface area contributed by atoms with Crippen molar-refractivity contribution in [1.82, 2.24) is 4.98 Å². The van der Waals surface area contributed by atoms with E-state index in [4.69, 9.17) is 0 Å². The second kappa shape index (κ2) is 5.59. The summed E-state index contributed by atoms with van der Waals surface area (Å²) >= 11 is 1.55. The highest BCUT2D eigenvalue weighted by Gasteiger charge is 2.07. The highest BCUT2D eigenvalue weighted by atomic mass is 32.1. The van der Waals surface area contributed by atoms with E-state index < -0.39 is 0 Å². The average Bonchev–Trinajstić information content (AvgIpc) is 2.77. The van der Waals surface area contributed by atoms with Gasteiger partial charge in [-0.25, -0.2) is 0 Å². The van der Waals surface area contributed by atoms with Gasteiger partial charge in [0.2, 0.25) is 0 Å². The number of carbonyl (C=O) groups is 1. The third-order valence-electron chi connectivity index (χ3n) is 2.38. The summed E-state index contributed by atoms with van der Waals surface area (Å²) < 4.78 is 0. The lowest BCUT2D eigenvalue weighted by Crippen LogP contribution is -2.07. The minimum atomic E-state index is 0.199. The molecule has 2 heterocycles. The number of pyridine rings is 1. The maximum Gasteiger partial charge on any atom is 0.174 e. The van der Waals surface area contributed by atoms with Gasteiger partial charge in [0.25, 0.3) is 0 Å². The van der Waals surface area contributed by atoms with Crippen molar-refractivity contribution in [2.45, 2.75) is 13.3 Å². The molecule has 0 aromatic carbocycles. The highest BCUT2D eigenvalue weighted by molar-refractivity contribution is 7.14. The SMILES string of the molecule is Cc1ccc(C(=O)CCNc2ccncc2)s1. The van der Waals surface area contributed by atoms with Crippen LogP contribution in [0.5, 0.6) is 0 Å². The van der Waals surface area contributed by atoms with Crippen LogP contribution in [-0.2, 0) is 0 Å². The molecule has 0 aliphatic carbocycles. The van der Waals surface area contributed by atoms with Crippen molar-refractivity contribution in [1.29, 1.82) is 0 Å². The van der Waals surface area contributed by atoms with E-state index in [-0.39, 0.29) is 5.78 Å².